The summed E-state index contributed by atoms with van der Waals surface area (Å²) in [6.07, 6.45) is 0. The third-order valence-electron chi connectivity index (χ3n) is 1.35. The van der Waals surface area contributed by atoms with E-state index in [0.717, 1.165) is 0 Å². The van der Waals surface area contributed by atoms with Crippen molar-refractivity contribution in [2.45, 2.75) is 17.1 Å². The van der Waals surface area contributed by atoms with Gasteiger partial charge in [-0.2, -0.15) is 34.8 Å². The van der Waals surface area contributed by atoms with Crippen molar-refractivity contribution in [2.24, 2.45) is 0 Å². The van der Waals surface area contributed by atoms with Crippen molar-refractivity contribution in [1.29, 1.82) is 0 Å². The molecule has 0 saturated carbocycles. The number of alkyl halides is 6. The number of carboxylic acid groups (broad SMARTS) is 1. The Morgan fingerprint density at radius 3 is 1.50 bits per heavy atom. The van der Waals surface area contributed by atoms with Gasteiger partial charge in [-0.05, 0) is 0 Å². The standard InChI is InChI=1S/C4H2F6O5S/c5-2(6,1(11)12)3(7,8)4(9,10)16(13,14)15/h(H,11,12)(H,13,14,15). The van der Waals surface area contributed by atoms with Gasteiger partial charge in [-0.25, -0.2) is 4.79 Å². The minimum Gasteiger partial charge on any atom is -0.477 e. The first-order valence-electron chi connectivity index (χ1n) is 3.03. The van der Waals surface area contributed by atoms with E-state index in [2.05, 4.69) is 0 Å². The van der Waals surface area contributed by atoms with E-state index in [1.807, 2.05) is 0 Å². The molecule has 0 amide bonds. The first-order chi connectivity index (χ1) is 6.69. The van der Waals surface area contributed by atoms with Crippen LogP contribution in [0.3, 0.4) is 0 Å². The van der Waals surface area contributed by atoms with Gasteiger partial charge in [0.25, 0.3) is 0 Å². The quantitative estimate of drug-likeness (QED) is 0.586. The Morgan fingerprint density at radius 2 is 1.31 bits per heavy atom. The van der Waals surface area contributed by atoms with Crippen LogP contribution < -0.4 is 0 Å². The number of rotatable bonds is 4. The summed E-state index contributed by atoms with van der Waals surface area (Å²) in [5.74, 6) is -16.8. The van der Waals surface area contributed by atoms with Crippen molar-refractivity contribution in [1.82, 2.24) is 0 Å². The van der Waals surface area contributed by atoms with E-state index in [0.29, 0.717) is 0 Å². The highest BCUT2D eigenvalue weighted by Crippen LogP contribution is 2.48. The fourth-order valence-electron chi connectivity index (χ4n) is 0.479. The highest BCUT2D eigenvalue weighted by Gasteiger charge is 2.80. The normalized spacial score (nSPS) is 14.9. The smallest absolute Gasteiger partial charge is 0.438 e. The van der Waals surface area contributed by atoms with E-state index < -0.39 is 33.2 Å². The van der Waals surface area contributed by atoms with Crippen LogP contribution in [0.4, 0.5) is 26.3 Å². The molecule has 0 fully saturated rings. The van der Waals surface area contributed by atoms with E-state index >= 15 is 0 Å². The molecule has 5 nitrogen and oxygen atoms in total. The SMILES string of the molecule is O=C(O)C(F)(F)C(F)(F)C(F)(F)S(=O)(=O)O. The molecule has 0 atom stereocenters. The van der Waals surface area contributed by atoms with Crippen LogP contribution in [0.15, 0.2) is 0 Å². The molecule has 0 aromatic heterocycles. The fraction of sp³-hybridized carbons (Fsp3) is 0.750. The third-order valence-corrected chi connectivity index (χ3v) is 2.26. The predicted molar refractivity (Wildman–Crippen MR) is 34.0 cm³/mol. The second-order valence-electron chi connectivity index (χ2n) is 2.45. The molecule has 12 heteroatoms. The lowest BCUT2D eigenvalue weighted by Crippen LogP contribution is -2.60. The van der Waals surface area contributed by atoms with Crippen LogP contribution in [0.5, 0.6) is 0 Å². The average molecular weight is 276 g/mol. The van der Waals surface area contributed by atoms with Gasteiger partial charge in [0.1, 0.15) is 0 Å². The van der Waals surface area contributed by atoms with Gasteiger partial charge in [-0.3, -0.25) is 4.55 Å². The number of carbonyl (C=O) groups is 1. The Bertz CT molecular complexity index is 399. The lowest BCUT2D eigenvalue weighted by molar-refractivity contribution is -0.277. The van der Waals surface area contributed by atoms with Crippen LogP contribution in [0.2, 0.25) is 0 Å². The molecule has 0 saturated heterocycles. The van der Waals surface area contributed by atoms with Gasteiger partial charge < -0.3 is 5.11 Å². The summed E-state index contributed by atoms with van der Waals surface area (Å²) in [6.45, 7) is 0. The molecule has 2 N–H and O–H groups in total. The van der Waals surface area contributed by atoms with Gasteiger partial charge in [0.05, 0.1) is 0 Å². The average Bonchev–Trinajstić information content (AvgIpc) is 2.00. The summed E-state index contributed by atoms with van der Waals surface area (Å²) in [5, 5.41) is 0.929. The molecule has 0 aliphatic carbocycles. The highest BCUT2D eigenvalue weighted by molar-refractivity contribution is 7.87. The summed E-state index contributed by atoms with van der Waals surface area (Å²) in [4.78, 5) is 9.60. The van der Waals surface area contributed by atoms with Crippen LogP contribution in [0.1, 0.15) is 0 Å². The summed E-state index contributed by atoms with van der Waals surface area (Å²) in [5.41, 5.74) is 0. The lowest BCUT2D eigenvalue weighted by Gasteiger charge is -2.27. The Kier molecular flexibility index (Phi) is 3.25. The number of halogens is 6. The maximum Gasteiger partial charge on any atom is 0.438 e. The molecule has 0 aliphatic heterocycles. The van der Waals surface area contributed by atoms with E-state index in [4.69, 9.17) is 9.66 Å². The van der Waals surface area contributed by atoms with Gasteiger partial charge in [-0.1, -0.05) is 0 Å². The van der Waals surface area contributed by atoms with Crippen LogP contribution in [0, 0.1) is 0 Å². The highest BCUT2D eigenvalue weighted by atomic mass is 32.2. The van der Waals surface area contributed by atoms with Crippen molar-refractivity contribution in [2.75, 3.05) is 0 Å². The predicted octanol–water partition coefficient (Wildman–Crippen LogP) is 0.822. The molecular weight excluding hydrogens is 274 g/mol. The molecular formula is C4H2F6O5S. The minimum atomic E-state index is -6.90. The van der Waals surface area contributed by atoms with Gasteiger partial charge in [0, 0.05) is 0 Å². The molecule has 96 valence electrons. The Hall–Kier alpha value is -1.04. The topological polar surface area (TPSA) is 91.7 Å². The molecule has 0 aliphatic rings. The minimum absolute atomic E-state index is 3.67. The second kappa shape index (κ2) is 3.48. The zero-order valence-electron chi connectivity index (χ0n) is 6.80. The fourth-order valence-corrected chi connectivity index (χ4v) is 0.931. The molecule has 16 heavy (non-hydrogen) atoms. The second-order valence-corrected chi connectivity index (χ2v) is 3.91. The van der Waals surface area contributed by atoms with Crippen molar-refractivity contribution >= 4 is 16.1 Å². The Morgan fingerprint density at radius 1 is 1.00 bits per heavy atom. The van der Waals surface area contributed by atoms with Gasteiger partial charge in [-0.15, -0.1) is 0 Å². The van der Waals surface area contributed by atoms with Gasteiger partial charge in [0.15, 0.2) is 0 Å². The monoisotopic (exact) mass is 276 g/mol. The zero-order valence-corrected chi connectivity index (χ0v) is 7.61. The van der Waals surface area contributed by atoms with Gasteiger partial charge in [0.2, 0.25) is 0 Å². The lowest BCUT2D eigenvalue weighted by atomic mass is 10.2. The van der Waals surface area contributed by atoms with Crippen LogP contribution in [-0.2, 0) is 14.9 Å². The van der Waals surface area contributed by atoms with E-state index in [-0.39, 0.29) is 0 Å². The number of hydrogen-bond donors (Lipinski definition) is 2. The first kappa shape index (κ1) is 15.0. The number of aliphatic carboxylic acids is 1. The van der Waals surface area contributed by atoms with Crippen molar-refractivity contribution in [3.8, 4) is 0 Å². The summed E-state index contributed by atoms with van der Waals surface area (Å²) >= 11 is 0. The van der Waals surface area contributed by atoms with Crippen molar-refractivity contribution in [3.63, 3.8) is 0 Å². The maximum atomic E-state index is 12.3. The van der Waals surface area contributed by atoms with Crippen molar-refractivity contribution in [3.05, 3.63) is 0 Å². The third kappa shape index (κ3) is 1.81. The molecule has 0 bridgehead atoms. The molecule has 0 heterocycles. The Labute approximate surface area is 83.4 Å². The maximum absolute atomic E-state index is 12.3. The molecule has 0 radical (unpaired) electrons. The molecule has 0 aromatic rings. The molecule has 0 aromatic carbocycles. The van der Waals surface area contributed by atoms with Crippen LogP contribution >= 0.6 is 0 Å². The molecule has 0 spiro atoms. The van der Waals surface area contributed by atoms with Gasteiger partial charge >= 0.3 is 33.2 Å². The Balaban J connectivity index is 5.82. The summed E-state index contributed by atoms with van der Waals surface area (Å²) in [7, 11) is -6.90. The van der Waals surface area contributed by atoms with E-state index in [9.17, 15) is 39.6 Å². The number of carboxylic acids is 1. The molecule has 0 unspecified atom stereocenters. The van der Waals surface area contributed by atoms with E-state index in [1.165, 1.54) is 0 Å². The van der Waals surface area contributed by atoms with Crippen LogP contribution in [-0.4, -0.2) is 41.1 Å². The summed E-state index contributed by atoms with van der Waals surface area (Å²) < 4.78 is 101. The molecule has 0 rings (SSSR count). The number of hydrogen-bond acceptors (Lipinski definition) is 3. The van der Waals surface area contributed by atoms with Crippen molar-refractivity contribution < 1.29 is 49.2 Å². The largest absolute Gasteiger partial charge is 0.477 e. The van der Waals surface area contributed by atoms with Crippen LogP contribution in [0.25, 0.3) is 0 Å². The summed E-state index contributed by atoms with van der Waals surface area (Å²) in [6, 6.07) is 0. The van der Waals surface area contributed by atoms with E-state index in [1.54, 1.807) is 0 Å². The first-order valence-corrected chi connectivity index (χ1v) is 4.47. The zero-order chi connectivity index (χ0) is 13.6.